The first-order valence-electron chi connectivity index (χ1n) is 11.7. The number of hydrogen-bond donors (Lipinski definition) is 0. The maximum atomic E-state index is 14.2. The summed E-state index contributed by atoms with van der Waals surface area (Å²) in [5, 5.41) is 0. The molecule has 1 aliphatic heterocycles. The van der Waals surface area contributed by atoms with Crippen LogP contribution in [0.3, 0.4) is 0 Å². The van der Waals surface area contributed by atoms with Gasteiger partial charge < -0.3 is 14.4 Å². The van der Waals surface area contributed by atoms with Crippen molar-refractivity contribution in [3.63, 3.8) is 0 Å². The van der Waals surface area contributed by atoms with Crippen molar-refractivity contribution in [2.24, 2.45) is 0 Å². The standard InChI is InChI=1S/C27H22F6N2O3S/c28-26(29,30)24-19(8-10-23(36)35-12-14-37-15-13-35)7-9-22(25(24)27(31,32)33)39-21-6-2-1-5-20(21)38-17-18-4-3-11-34-16-18/h1-11,16H,12-15,17H2/b10-8+. The Morgan fingerprint density at radius 2 is 1.67 bits per heavy atom. The number of hydrogen-bond acceptors (Lipinski definition) is 5. The highest BCUT2D eigenvalue weighted by atomic mass is 32.2. The topological polar surface area (TPSA) is 51.7 Å². The Morgan fingerprint density at radius 3 is 2.33 bits per heavy atom. The van der Waals surface area contributed by atoms with Crippen molar-refractivity contribution in [2.75, 3.05) is 26.3 Å². The zero-order valence-electron chi connectivity index (χ0n) is 20.3. The van der Waals surface area contributed by atoms with Crippen LogP contribution in [0.5, 0.6) is 5.75 Å². The number of pyridine rings is 1. The minimum Gasteiger partial charge on any atom is -0.488 e. The second-order valence-corrected chi connectivity index (χ2v) is 9.45. The summed E-state index contributed by atoms with van der Waals surface area (Å²) < 4.78 is 95.9. The Bertz CT molecular complexity index is 1320. The zero-order valence-corrected chi connectivity index (χ0v) is 21.1. The van der Waals surface area contributed by atoms with Crippen molar-refractivity contribution in [1.29, 1.82) is 0 Å². The van der Waals surface area contributed by atoms with Gasteiger partial charge in [0.2, 0.25) is 5.91 Å². The third kappa shape index (κ3) is 7.33. The molecule has 0 saturated carbocycles. The lowest BCUT2D eigenvalue weighted by molar-refractivity contribution is -0.163. The number of nitrogens with zero attached hydrogens (tertiary/aromatic N) is 2. The Kier molecular flexibility index (Phi) is 8.86. The van der Waals surface area contributed by atoms with Crippen LogP contribution in [0.15, 0.2) is 76.8 Å². The van der Waals surface area contributed by atoms with E-state index in [4.69, 9.17) is 9.47 Å². The largest absolute Gasteiger partial charge is 0.488 e. The third-order valence-electron chi connectivity index (χ3n) is 5.68. The lowest BCUT2D eigenvalue weighted by Crippen LogP contribution is -2.39. The Balaban J connectivity index is 1.70. The van der Waals surface area contributed by atoms with Crippen LogP contribution in [-0.4, -0.2) is 42.1 Å². The predicted molar refractivity (Wildman–Crippen MR) is 132 cm³/mol. The number of rotatable bonds is 7. The molecule has 0 spiro atoms. The van der Waals surface area contributed by atoms with Gasteiger partial charge in [0, 0.05) is 42.0 Å². The Labute approximate surface area is 224 Å². The SMILES string of the molecule is O=C(/C=C/c1ccc(Sc2ccccc2OCc2cccnc2)c(C(F)(F)F)c1C(F)(F)F)N1CCOCC1. The number of para-hydroxylation sites is 1. The minimum atomic E-state index is -5.35. The molecule has 4 rings (SSSR count). The summed E-state index contributed by atoms with van der Waals surface area (Å²) in [4.78, 5) is 17.3. The van der Waals surface area contributed by atoms with E-state index in [0.29, 0.717) is 17.3 Å². The van der Waals surface area contributed by atoms with E-state index in [9.17, 15) is 31.1 Å². The molecule has 0 N–H and O–H groups in total. The van der Waals surface area contributed by atoms with E-state index < -0.39 is 39.8 Å². The maximum absolute atomic E-state index is 14.2. The van der Waals surface area contributed by atoms with Gasteiger partial charge in [-0.15, -0.1) is 0 Å². The summed E-state index contributed by atoms with van der Waals surface area (Å²) in [7, 11) is 0. The molecule has 1 fully saturated rings. The lowest BCUT2D eigenvalue weighted by Gasteiger charge is -2.25. The first kappa shape index (κ1) is 28.5. The van der Waals surface area contributed by atoms with Crippen LogP contribution in [0.1, 0.15) is 22.3 Å². The average Bonchev–Trinajstić information content (AvgIpc) is 2.91. The van der Waals surface area contributed by atoms with Gasteiger partial charge >= 0.3 is 12.4 Å². The van der Waals surface area contributed by atoms with Crippen molar-refractivity contribution >= 4 is 23.7 Å². The highest BCUT2D eigenvalue weighted by molar-refractivity contribution is 7.99. The number of benzene rings is 2. The quantitative estimate of drug-likeness (QED) is 0.234. The second kappa shape index (κ2) is 12.1. The molecule has 206 valence electrons. The van der Waals surface area contributed by atoms with E-state index in [1.807, 2.05) is 0 Å². The maximum Gasteiger partial charge on any atom is 0.418 e. The minimum absolute atomic E-state index is 0.0618. The van der Waals surface area contributed by atoms with Crippen LogP contribution in [0.25, 0.3) is 6.08 Å². The van der Waals surface area contributed by atoms with Crippen molar-refractivity contribution in [3.8, 4) is 5.75 Å². The molecule has 2 heterocycles. The summed E-state index contributed by atoms with van der Waals surface area (Å²) >= 11 is 0.515. The van der Waals surface area contributed by atoms with E-state index in [2.05, 4.69) is 4.98 Å². The number of aromatic nitrogens is 1. The molecule has 1 saturated heterocycles. The highest BCUT2D eigenvalue weighted by Crippen LogP contribution is 2.49. The molecule has 0 radical (unpaired) electrons. The van der Waals surface area contributed by atoms with Crippen LogP contribution in [0.2, 0.25) is 0 Å². The zero-order chi connectivity index (χ0) is 28.0. The Hall–Kier alpha value is -3.51. The molecule has 0 atom stereocenters. The van der Waals surface area contributed by atoms with Crippen LogP contribution in [-0.2, 0) is 28.5 Å². The second-order valence-electron chi connectivity index (χ2n) is 8.37. The van der Waals surface area contributed by atoms with E-state index >= 15 is 0 Å². The van der Waals surface area contributed by atoms with Gasteiger partial charge in [-0.2, -0.15) is 26.3 Å². The molecule has 0 unspecified atom stereocenters. The predicted octanol–water partition coefficient (Wildman–Crippen LogP) is 6.72. The molecule has 1 aromatic heterocycles. The van der Waals surface area contributed by atoms with Crippen molar-refractivity contribution in [1.82, 2.24) is 9.88 Å². The fourth-order valence-corrected chi connectivity index (χ4v) is 4.94. The van der Waals surface area contributed by atoms with E-state index in [1.54, 1.807) is 36.7 Å². The molecule has 1 aliphatic rings. The van der Waals surface area contributed by atoms with Gasteiger partial charge in [-0.1, -0.05) is 36.0 Å². The summed E-state index contributed by atoms with van der Waals surface area (Å²) in [5.41, 5.74) is -3.75. The summed E-state index contributed by atoms with van der Waals surface area (Å²) in [6.45, 7) is 1.07. The number of halogens is 6. The smallest absolute Gasteiger partial charge is 0.418 e. The molecular weight excluding hydrogens is 546 g/mol. The lowest BCUT2D eigenvalue weighted by atomic mass is 9.99. The molecule has 12 heteroatoms. The van der Waals surface area contributed by atoms with Gasteiger partial charge in [0.05, 0.1) is 29.2 Å². The number of carbonyl (C=O) groups excluding carboxylic acids is 1. The van der Waals surface area contributed by atoms with Gasteiger partial charge in [-0.05, 0) is 35.9 Å². The highest BCUT2D eigenvalue weighted by Gasteiger charge is 2.46. The van der Waals surface area contributed by atoms with Gasteiger partial charge in [0.1, 0.15) is 12.4 Å². The van der Waals surface area contributed by atoms with Crippen LogP contribution in [0, 0.1) is 0 Å². The summed E-state index contributed by atoms with van der Waals surface area (Å²) in [5.74, 6) is -0.411. The van der Waals surface area contributed by atoms with Gasteiger partial charge in [0.25, 0.3) is 0 Å². The first-order chi connectivity index (χ1) is 18.5. The molecule has 5 nitrogen and oxygen atoms in total. The average molecular weight is 569 g/mol. The van der Waals surface area contributed by atoms with Gasteiger partial charge in [-0.25, -0.2) is 0 Å². The fourth-order valence-electron chi connectivity index (χ4n) is 3.88. The number of carbonyl (C=O) groups is 1. The van der Waals surface area contributed by atoms with Crippen molar-refractivity contribution < 1.29 is 40.6 Å². The van der Waals surface area contributed by atoms with Crippen LogP contribution in [0.4, 0.5) is 26.3 Å². The van der Waals surface area contributed by atoms with Crippen LogP contribution < -0.4 is 4.74 Å². The Morgan fingerprint density at radius 1 is 0.949 bits per heavy atom. The van der Waals surface area contributed by atoms with Gasteiger partial charge in [-0.3, -0.25) is 9.78 Å². The molecule has 2 aromatic carbocycles. The van der Waals surface area contributed by atoms with Crippen molar-refractivity contribution in [2.45, 2.75) is 28.8 Å². The molecule has 0 bridgehead atoms. The molecule has 39 heavy (non-hydrogen) atoms. The third-order valence-corrected chi connectivity index (χ3v) is 6.80. The summed E-state index contributed by atoms with van der Waals surface area (Å²) in [6, 6.07) is 11.5. The molecule has 3 aromatic rings. The molecular formula is C27H22F6N2O3S. The first-order valence-corrected chi connectivity index (χ1v) is 12.5. The fraction of sp³-hybridized carbons (Fsp3) is 0.259. The van der Waals surface area contributed by atoms with E-state index in [1.165, 1.54) is 17.0 Å². The van der Waals surface area contributed by atoms with E-state index in [0.717, 1.165) is 24.3 Å². The normalized spacial score (nSPS) is 14.6. The monoisotopic (exact) mass is 568 g/mol. The number of ether oxygens (including phenoxy) is 2. The van der Waals surface area contributed by atoms with Crippen molar-refractivity contribution in [3.05, 3.63) is 89.3 Å². The summed E-state index contributed by atoms with van der Waals surface area (Å²) in [6.07, 6.45) is -5.93. The molecule has 0 aliphatic carbocycles. The number of amides is 1. The van der Waals surface area contributed by atoms with E-state index in [-0.39, 0.29) is 43.6 Å². The van der Waals surface area contributed by atoms with Gasteiger partial charge in [0.15, 0.2) is 0 Å². The number of morpholine rings is 1. The van der Waals surface area contributed by atoms with Crippen LogP contribution >= 0.6 is 11.8 Å². The number of alkyl halides is 6. The molecule has 1 amide bonds.